The summed E-state index contributed by atoms with van der Waals surface area (Å²) in [6, 6.07) is 15.9. The van der Waals surface area contributed by atoms with Crippen LogP contribution in [0.15, 0.2) is 70.6 Å². The van der Waals surface area contributed by atoms with E-state index in [1.807, 2.05) is 30.3 Å². The zero-order valence-corrected chi connectivity index (χ0v) is 12.0. The van der Waals surface area contributed by atoms with Crippen molar-refractivity contribution in [2.24, 2.45) is 5.16 Å². The summed E-state index contributed by atoms with van der Waals surface area (Å²) in [5, 5.41) is 11.9. The predicted molar refractivity (Wildman–Crippen MR) is 85.2 cm³/mol. The molecular formula is C18H16N2O2. The molecule has 0 aliphatic rings. The van der Waals surface area contributed by atoms with Gasteiger partial charge in [0.15, 0.2) is 5.76 Å². The van der Waals surface area contributed by atoms with Gasteiger partial charge in [0, 0.05) is 17.3 Å². The fourth-order valence-electron chi connectivity index (χ4n) is 2.44. The number of hydrogen-bond donors (Lipinski definition) is 1. The molecule has 0 aliphatic heterocycles. The molecule has 0 spiro atoms. The molecule has 0 unspecified atom stereocenters. The summed E-state index contributed by atoms with van der Waals surface area (Å²) in [4.78, 5) is 4.36. The maximum atomic E-state index is 8.77. The smallest absolute Gasteiger partial charge is 0.156 e. The van der Waals surface area contributed by atoms with E-state index in [4.69, 9.17) is 9.62 Å². The van der Waals surface area contributed by atoms with E-state index in [1.165, 1.54) is 11.8 Å². The molecule has 4 nitrogen and oxygen atoms in total. The Morgan fingerprint density at radius 3 is 2.73 bits per heavy atom. The second-order valence-electron chi connectivity index (χ2n) is 4.95. The number of pyridine rings is 1. The first kappa shape index (κ1) is 14.1. The van der Waals surface area contributed by atoms with Crippen LogP contribution in [0.2, 0.25) is 0 Å². The number of oxime groups is 1. The van der Waals surface area contributed by atoms with Gasteiger partial charge in [-0.3, -0.25) is 4.98 Å². The summed E-state index contributed by atoms with van der Waals surface area (Å²) in [7, 11) is 0. The minimum Gasteiger partial charge on any atom is -0.462 e. The first-order chi connectivity index (χ1) is 10.9. The number of furan rings is 1. The van der Waals surface area contributed by atoms with Crippen LogP contribution in [0.25, 0.3) is 11.5 Å². The van der Waals surface area contributed by atoms with Gasteiger partial charge in [0.25, 0.3) is 0 Å². The Bertz CT molecular complexity index is 764. The van der Waals surface area contributed by atoms with Crippen LogP contribution in [0, 0.1) is 0 Å². The lowest BCUT2D eigenvalue weighted by molar-refractivity contribution is 0.322. The maximum Gasteiger partial charge on any atom is 0.156 e. The van der Waals surface area contributed by atoms with Crippen LogP contribution in [0.3, 0.4) is 0 Å². The Balaban J connectivity index is 1.86. The van der Waals surface area contributed by atoms with Gasteiger partial charge in [0.2, 0.25) is 0 Å². The molecule has 0 saturated carbocycles. The van der Waals surface area contributed by atoms with Crippen LogP contribution in [0.5, 0.6) is 0 Å². The Labute approximate surface area is 128 Å². The van der Waals surface area contributed by atoms with E-state index in [1.54, 1.807) is 18.5 Å². The Morgan fingerprint density at radius 2 is 1.91 bits per heavy atom. The van der Waals surface area contributed by atoms with Crippen LogP contribution < -0.4 is 0 Å². The number of aryl methyl sites for hydroxylation is 2. The Hall–Kier alpha value is -2.88. The molecule has 2 heterocycles. The van der Waals surface area contributed by atoms with E-state index in [9.17, 15) is 0 Å². The molecule has 0 amide bonds. The molecule has 0 saturated heterocycles. The summed E-state index contributed by atoms with van der Waals surface area (Å²) in [6.07, 6.45) is 6.54. The summed E-state index contributed by atoms with van der Waals surface area (Å²) in [5.41, 5.74) is 3.79. The molecule has 3 aromatic rings. The van der Waals surface area contributed by atoms with Crippen LogP contribution >= 0.6 is 0 Å². The van der Waals surface area contributed by atoms with E-state index in [2.05, 4.69) is 22.3 Å². The fraction of sp³-hybridized carbons (Fsp3) is 0.111. The molecule has 3 rings (SSSR count). The molecule has 0 radical (unpaired) electrons. The van der Waals surface area contributed by atoms with Gasteiger partial charge in [-0.1, -0.05) is 35.5 Å². The summed E-state index contributed by atoms with van der Waals surface area (Å²) in [5.74, 6) is 0.728. The zero-order valence-electron chi connectivity index (χ0n) is 12.0. The van der Waals surface area contributed by atoms with Crippen molar-refractivity contribution in [1.29, 1.82) is 0 Å². The first-order valence-electron chi connectivity index (χ1n) is 7.11. The van der Waals surface area contributed by atoms with Gasteiger partial charge in [0.1, 0.15) is 5.69 Å². The van der Waals surface area contributed by atoms with Gasteiger partial charge >= 0.3 is 0 Å². The SMILES string of the molecule is ON=Cc1cccnc1-c1occc1CCc1ccccc1. The number of nitrogens with zero attached hydrogens (tertiary/aromatic N) is 2. The molecule has 110 valence electrons. The van der Waals surface area contributed by atoms with Gasteiger partial charge in [-0.05, 0) is 36.6 Å². The highest BCUT2D eigenvalue weighted by atomic mass is 16.4. The van der Waals surface area contributed by atoms with Crippen LogP contribution in [-0.4, -0.2) is 16.4 Å². The number of aromatic nitrogens is 1. The third-order valence-electron chi connectivity index (χ3n) is 3.52. The second-order valence-corrected chi connectivity index (χ2v) is 4.95. The molecule has 22 heavy (non-hydrogen) atoms. The van der Waals surface area contributed by atoms with Crippen LogP contribution in [-0.2, 0) is 12.8 Å². The molecule has 0 atom stereocenters. The average molecular weight is 292 g/mol. The van der Waals surface area contributed by atoms with Gasteiger partial charge in [-0.25, -0.2) is 0 Å². The van der Waals surface area contributed by atoms with Crippen molar-refractivity contribution in [2.45, 2.75) is 12.8 Å². The van der Waals surface area contributed by atoms with Crippen molar-refractivity contribution in [1.82, 2.24) is 4.98 Å². The quantitative estimate of drug-likeness (QED) is 0.440. The van der Waals surface area contributed by atoms with Gasteiger partial charge in [0.05, 0.1) is 12.5 Å². The van der Waals surface area contributed by atoms with Crippen molar-refractivity contribution >= 4 is 6.21 Å². The van der Waals surface area contributed by atoms with Crippen molar-refractivity contribution < 1.29 is 9.62 Å². The lowest BCUT2D eigenvalue weighted by atomic mass is 10.0. The highest BCUT2D eigenvalue weighted by molar-refractivity contribution is 5.87. The Morgan fingerprint density at radius 1 is 1.05 bits per heavy atom. The zero-order chi connectivity index (χ0) is 15.2. The van der Waals surface area contributed by atoms with Crippen molar-refractivity contribution in [3.8, 4) is 11.5 Å². The number of rotatable bonds is 5. The standard InChI is InChI=1S/C18H16N2O2/c21-20-13-16-7-4-11-19-17(16)18-15(10-12-22-18)9-8-14-5-2-1-3-6-14/h1-7,10-13,21H,8-9H2. The lowest BCUT2D eigenvalue weighted by Gasteiger charge is -2.05. The van der Waals surface area contributed by atoms with E-state index in [-0.39, 0.29) is 0 Å². The maximum absolute atomic E-state index is 8.77. The van der Waals surface area contributed by atoms with Crippen molar-refractivity contribution in [2.75, 3.05) is 0 Å². The monoisotopic (exact) mass is 292 g/mol. The molecule has 0 bridgehead atoms. The first-order valence-corrected chi connectivity index (χ1v) is 7.11. The minimum absolute atomic E-state index is 0.688. The Kier molecular flexibility index (Phi) is 4.30. The topological polar surface area (TPSA) is 58.6 Å². The predicted octanol–water partition coefficient (Wildman–Crippen LogP) is 3.93. The average Bonchev–Trinajstić information content (AvgIpc) is 3.03. The third-order valence-corrected chi connectivity index (χ3v) is 3.52. The molecule has 0 aliphatic carbocycles. The highest BCUT2D eigenvalue weighted by Crippen LogP contribution is 2.26. The number of benzene rings is 1. The van der Waals surface area contributed by atoms with E-state index in [0.29, 0.717) is 5.69 Å². The normalized spacial score (nSPS) is 11.1. The van der Waals surface area contributed by atoms with E-state index < -0.39 is 0 Å². The number of hydrogen-bond acceptors (Lipinski definition) is 4. The van der Waals surface area contributed by atoms with Crippen LogP contribution in [0.1, 0.15) is 16.7 Å². The van der Waals surface area contributed by atoms with Gasteiger partial charge in [-0.15, -0.1) is 0 Å². The fourth-order valence-corrected chi connectivity index (χ4v) is 2.44. The third kappa shape index (κ3) is 3.06. The molecule has 2 aromatic heterocycles. The van der Waals surface area contributed by atoms with Crippen LogP contribution in [0.4, 0.5) is 0 Å². The molecule has 1 aromatic carbocycles. The van der Waals surface area contributed by atoms with Crippen molar-refractivity contribution in [3.05, 3.63) is 77.7 Å². The van der Waals surface area contributed by atoms with E-state index in [0.717, 1.165) is 29.7 Å². The van der Waals surface area contributed by atoms with Crippen molar-refractivity contribution in [3.63, 3.8) is 0 Å². The molecular weight excluding hydrogens is 276 g/mol. The van der Waals surface area contributed by atoms with Gasteiger partial charge in [-0.2, -0.15) is 0 Å². The molecule has 1 N–H and O–H groups in total. The summed E-state index contributed by atoms with van der Waals surface area (Å²) >= 11 is 0. The summed E-state index contributed by atoms with van der Waals surface area (Å²) in [6.45, 7) is 0. The molecule has 0 fully saturated rings. The highest BCUT2D eigenvalue weighted by Gasteiger charge is 2.13. The van der Waals surface area contributed by atoms with E-state index >= 15 is 0 Å². The largest absolute Gasteiger partial charge is 0.462 e. The minimum atomic E-state index is 0.688. The summed E-state index contributed by atoms with van der Waals surface area (Å²) < 4.78 is 5.62. The lowest BCUT2D eigenvalue weighted by Crippen LogP contribution is -1.96. The second kappa shape index (κ2) is 6.72. The molecule has 4 heteroatoms. The van der Waals surface area contributed by atoms with Gasteiger partial charge < -0.3 is 9.62 Å².